The van der Waals surface area contributed by atoms with Gasteiger partial charge < -0.3 is 19.1 Å². The van der Waals surface area contributed by atoms with Gasteiger partial charge in [-0.3, -0.25) is 9.59 Å². The van der Waals surface area contributed by atoms with Crippen molar-refractivity contribution in [2.24, 2.45) is 5.92 Å². The number of carbonyl (C=O) groups is 2. The molecule has 2 amide bonds. The van der Waals surface area contributed by atoms with E-state index in [2.05, 4.69) is 0 Å². The molecule has 0 bridgehead atoms. The highest BCUT2D eigenvalue weighted by Crippen LogP contribution is 2.29. The molecule has 10 heteroatoms. The summed E-state index contributed by atoms with van der Waals surface area (Å²) in [6.45, 7) is 8.16. The number of hydrogen-bond donors (Lipinski definition) is 0. The van der Waals surface area contributed by atoms with E-state index in [9.17, 15) is 22.8 Å². The summed E-state index contributed by atoms with van der Waals surface area (Å²) in [6, 6.07) is 15.5. The Kier molecular flexibility index (Phi) is 11.8. The molecule has 222 valence electrons. The van der Waals surface area contributed by atoms with Crippen LogP contribution < -0.4 is 0 Å². The lowest BCUT2D eigenvalue weighted by Gasteiger charge is -2.29. The molecule has 0 fully saturated rings. The van der Waals surface area contributed by atoms with Crippen LogP contribution in [-0.4, -0.2) is 59.0 Å². The number of alkyl halides is 3. The Hall–Kier alpha value is -3.30. The van der Waals surface area contributed by atoms with E-state index < -0.39 is 17.6 Å². The number of aromatic nitrogens is 1. The van der Waals surface area contributed by atoms with Gasteiger partial charge in [-0.15, -0.1) is 0 Å². The molecule has 0 spiro atoms. The smallest absolute Gasteiger partial charge is 0.382 e. The first-order chi connectivity index (χ1) is 19.5. The van der Waals surface area contributed by atoms with Crippen LogP contribution in [0.15, 0.2) is 66.9 Å². The third kappa shape index (κ3) is 9.64. The van der Waals surface area contributed by atoms with E-state index in [1.807, 2.05) is 67.9 Å². The lowest BCUT2D eigenvalue weighted by atomic mass is 10.1. The molecule has 1 heterocycles. The fourth-order valence-electron chi connectivity index (χ4n) is 4.45. The zero-order chi connectivity index (χ0) is 30.0. The van der Waals surface area contributed by atoms with Crippen molar-refractivity contribution in [2.75, 3.05) is 32.8 Å². The van der Waals surface area contributed by atoms with E-state index in [1.54, 1.807) is 4.90 Å². The summed E-state index contributed by atoms with van der Waals surface area (Å²) in [5.41, 5.74) is 1.12. The van der Waals surface area contributed by atoms with Crippen LogP contribution in [0.2, 0.25) is 5.02 Å². The van der Waals surface area contributed by atoms with Gasteiger partial charge in [0.15, 0.2) is 0 Å². The second-order valence-corrected chi connectivity index (χ2v) is 10.6. The monoisotopic (exact) mass is 591 g/mol. The van der Waals surface area contributed by atoms with Crippen molar-refractivity contribution in [1.82, 2.24) is 14.4 Å². The van der Waals surface area contributed by atoms with Gasteiger partial charge in [0.25, 0.3) is 5.91 Å². The number of nitrogens with zero attached hydrogens (tertiary/aromatic N) is 3. The Morgan fingerprint density at radius 3 is 2.34 bits per heavy atom. The average molecular weight is 592 g/mol. The van der Waals surface area contributed by atoms with Gasteiger partial charge in [-0.1, -0.05) is 43.6 Å². The predicted molar refractivity (Wildman–Crippen MR) is 154 cm³/mol. The highest BCUT2D eigenvalue weighted by atomic mass is 35.5. The molecule has 0 N–H and O–H groups in total. The van der Waals surface area contributed by atoms with Crippen molar-refractivity contribution < 1.29 is 27.5 Å². The molecule has 41 heavy (non-hydrogen) atoms. The first-order valence-electron chi connectivity index (χ1n) is 13.7. The SMILES string of the molecule is CCOCCCN(CC(=O)N(Cc1cccn1Cc1ccccc1Cl)CC(C)C)C(=O)c1ccc(C(F)(F)F)cc1. The maximum Gasteiger partial charge on any atom is 0.416 e. The average Bonchev–Trinajstić information content (AvgIpc) is 3.36. The zero-order valence-electron chi connectivity index (χ0n) is 23.7. The number of hydrogen-bond acceptors (Lipinski definition) is 3. The minimum absolute atomic E-state index is 0.0891. The molecule has 0 saturated heterocycles. The van der Waals surface area contributed by atoms with E-state index in [4.69, 9.17) is 16.3 Å². The van der Waals surface area contributed by atoms with E-state index in [0.717, 1.165) is 35.5 Å². The number of amides is 2. The van der Waals surface area contributed by atoms with Crippen molar-refractivity contribution in [2.45, 2.75) is 46.5 Å². The van der Waals surface area contributed by atoms with Gasteiger partial charge in [-0.2, -0.15) is 13.2 Å². The third-order valence-electron chi connectivity index (χ3n) is 6.51. The van der Waals surface area contributed by atoms with Gasteiger partial charge >= 0.3 is 6.18 Å². The molecule has 0 atom stereocenters. The molecule has 0 aliphatic carbocycles. The van der Waals surface area contributed by atoms with Gasteiger partial charge in [-0.05, 0) is 67.3 Å². The van der Waals surface area contributed by atoms with Crippen molar-refractivity contribution in [3.05, 3.63) is 94.3 Å². The Balaban J connectivity index is 1.79. The first kappa shape index (κ1) is 32.2. The van der Waals surface area contributed by atoms with Gasteiger partial charge in [0, 0.05) is 55.3 Å². The summed E-state index contributed by atoms with van der Waals surface area (Å²) in [7, 11) is 0. The second kappa shape index (κ2) is 15.1. The van der Waals surface area contributed by atoms with Crippen LogP contribution in [0.4, 0.5) is 13.2 Å². The van der Waals surface area contributed by atoms with Crippen LogP contribution in [0.3, 0.4) is 0 Å². The van der Waals surface area contributed by atoms with Crippen LogP contribution in [0.25, 0.3) is 0 Å². The second-order valence-electron chi connectivity index (χ2n) is 10.2. The number of rotatable bonds is 14. The quantitative estimate of drug-likeness (QED) is 0.195. The lowest BCUT2D eigenvalue weighted by Crippen LogP contribution is -2.44. The molecule has 1 aromatic heterocycles. The van der Waals surface area contributed by atoms with Crippen LogP contribution in [0, 0.1) is 5.92 Å². The minimum atomic E-state index is -4.50. The maximum absolute atomic E-state index is 13.7. The van der Waals surface area contributed by atoms with E-state index in [-0.39, 0.29) is 30.5 Å². The Morgan fingerprint density at radius 2 is 1.71 bits per heavy atom. The van der Waals surface area contributed by atoms with Crippen molar-refractivity contribution in [3.8, 4) is 0 Å². The highest BCUT2D eigenvalue weighted by Gasteiger charge is 2.31. The summed E-state index contributed by atoms with van der Waals surface area (Å²) >= 11 is 6.37. The standard InChI is InChI=1S/C31H37ClF3N3O3/c1-4-41-18-8-17-37(30(40)24-12-14-26(15-13-24)31(33,34)35)22-29(39)38(19-23(2)3)21-27-10-7-16-36(27)20-25-9-5-6-11-28(25)32/h5-7,9-16,23H,4,8,17-22H2,1-3H3. The molecule has 0 aliphatic rings. The Labute approximate surface area is 244 Å². The Bertz CT molecular complexity index is 1280. The third-order valence-corrected chi connectivity index (χ3v) is 6.88. The molecule has 3 aromatic rings. The van der Waals surface area contributed by atoms with Crippen LogP contribution in [0.5, 0.6) is 0 Å². The van der Waals surface area contributed by atoms with E-state index in [0.29, 0.717) is 44.3 Å². The molecule has 0 unspecified atom stereocenters. The van der Waals surface area contributed by atoms with Gasteiger partial charge in [0.2, 0.25) is 5.91 Å². The number of benzene rings is 2. The normalized spacial score (nSPS) is 11.6. The van der Waals surface area contributed by atoms with Gasteiger partial charge in [0.05, 0.1) is 12.1 Å². The van der Waals surface area contributed by atoms with E-state index in [1.165, 1.54) is 4.90 Å². The van der Waals surface area contributed by atoms with Crippen molar-refractivity contribution in [3.63, 3.8) is 0 Å². The first-order valence-corrected chi connectivity index (χ1v) is 14.1. The van der Waals surface area contributed by atoms with Crippen molar-refractivity contribution >= 4 is 23.4 Å². The fourth-order valence-corrected chi connectivity index (χ4v) is 4.65. The minimum Gasteiger partial charge on any atom is -0.382 e. The predicted octanol–water partition coefficient (Wildman–Crippen LogP) is 6.76. The maximum atomic E-state index is 13.7. The zero-order valence-corrected chi connectivity index (χ0v) is 24.4. The number of halogens is 4. The Morgan fingerprint density at radius 1 is 1.00 bits per heavy atom. The fraction of sp³-hybridized carbons (Fsp3) is 0.419. The topological polar surface area (TPSA) is 54.8 Å². The van der Waals surface area contributed by atoms with Crippen molar-refractivity contribution in [1.29, 1.82) is 0 Å². The molecule has 0 radical (unpaired) electrons. The van der Waals surface area contributed by atoms with E-state index >= 15 is 0 Å². The van der Waals surface area contributed by atoms with Crippen LogP contribution >= 0.6 is 11.6 Å². The summed E-state index contributed by atoms with van der Waals surface area (Å²) in [5.74, 6) is -0.584. The molecule has 2 aromatic carbocycles. The van der Waals surface area contributed by atoms with Gasteiger partial charge in [0.1, 0.15) is 6.54 Å². The molecule has 0 aliphatic heterocycles. The van der Waals surface area contributed by atoms with Crippen LogP contribution in [-0.2, 0) is 28.8 Å². The molecular formula is C31H37ClF3N3O3. The largest absolute Gasteiger partial charge is 0.416 e. The van der Waals surface area contributed by atoms with Gasteiger partial charge in [-0.25, -0.2) is 0 Å². The lowest BCUT2D eigenvalue weighted by molar-refractivity contribution is -0.137. The summed E-state index contributed by atoms with van der Waals surface area (Å²) in [6.07, 6.45) is -2.08. The summed E-state index contributed by atoms with van der Waals surface area (Å²) < 4.78 is 46.6. The number of carbonyl (C=O) groups excluding carboxylic acids is 2. The summed E-state index contributed by atoms with van der Waals surface area (Å²) in [5, 5.41) is 0.659. The molecule has 3 rings (SSSR count). The number of ether oxygens (including phenoxy) is 1. The molecule has 6 nitrogen and oxygen atoms in total. The summed E-state index contributed by atoms with van der Waals surface area (Å²) in [4.78, 5) is 30.2. The molecular weight excluding hydrogens is 555 g/mol. The highest BCUT2D eigenvalue weighted by molar-refractivity contribution is 6.31. The molecule has 0 saturated carbocycles. The van der Waals surface area contributed by atoms with Crippen LogP contribution in [0.1, 0.15) is 54.4 Å².